The monoisotopic (exact) mass is 462 g/mol. The van der Waals surface area contributed by atoms with Crippen LogP contribution in [0.25, 0.3) is 5.82 Å². The van der Waals surface area contributed by atoms with E-state index in [2.05, 4.69) is 44.6 Å². The maximum absolute atomic E-state index is 13.1. The standard InChI is InChI=1S/C25H30N6O3/c1-2-3-10-21(22(32)23(26)33)28-25(34)20-9-6-12-27-24(20)31-13-11-19(29-31)16-30-14-17-7-4-5-8-18(17)15-30/h4-9,11-13,21-22,32H,2-3,10,14-16H2,1H3,(H2,26,33)(H,28,34). The summed E-state index contributed by atoms with van der Waals surface area (Å²) in [5.41, 5.74) is 9.11. The highest BCUT2D eigenvalue weighted by Crippen LogP contribution is 2.24. The highest BCUT2D eigenvalue weighted by atomic mass is 16.3. The maximum Gasteiger partial charge on any atom is 0.255 e. The number of nitrogens with zero attached hydrogens (tertiary/aromatic N) is 4. The fourth-order valence-corrected chi connectivity index (χ4v) is 4.24. The zero-order valence-corrected chi connectivity index (χ0v) is 19.2. The van der Waals surface area contributed by atoms with Crippen molar-refractivity contribution in [2.45, 2.75) is 58.0 Å². The summed E-state index contributed by atoms with van der Waals surface area (Å²) in [6.07, 6.45) is 3.94. The fraction of sp³-hybridized carbons (Fsp3) is 0.360. The summed E-state index contributed by atoms with van der Waals surface area (Å²) < 4.78 is 1.58. The molecule has 1 aromatic carbocycles. The fourth-order valence-electron chi connectivity index (χ4n) is 4.24. The van der Waals surface area contributed by atoms with Gasteiger partial charge >= 0.3 is 0 Å². The van der Waals surface area contributed by atoms with E-state index in [4.69, 9.17) is 5.73 Å². The number of rotatable bonds is 10. The van der Waals surface area contributed by atoms with E-state index in [-0.39, 0.29) is 0 Å². The number of nitrogens with two attached hydrogens (primary N) is 1. The summed E-state index contributed by atoms with van der Waals surface area (Å²) in [6, 6.07) is 12.9. The van der Waals surface area contributed by atoms with Crippen LogP contribution in [0.5, 0.6) is 0 Å². The highest BCUT2D eigenvalue weighted by Gasteiger charge is 2.27. The molecule has 9 heteroatoms. The normalized spacial score (nSPS) is 15.0. The number of nitrogens with one attached hydrogen (secondary N) is 1. The van der Waals surface area contributed by atoms with E-state index in [1.165, 1.54) is 11.1 Å². The number of benzene rings is 1. The van der Waals surface area contributed by atoms with Crippen LogP contribution < -0.4 is 11.1 Å². The molecule has 0 fully saturated rings. The number of carbonyl (C=O) groups is 2. The van der Waals surface area contributed by atoms with Crippen molar-refractivity contribution in [2.24, 2.45) is 5.73 Å². The third kappa shape index (κ3) is 5.32. The second-order valence-corrected chi connectivity index (χ2v) is 8.61. The Morgan fingerprint density at radius 2 is 1.88 bits per heavy atom. The van der Waals surface area contributed by atoms with E-state index in [1.807, 2.05) is 13.0 Å². The Morgan fingerprint density at radius 3 is 2.56 bits per heavy atom. The molecule has 3 heterocycles. The van der Waals surface area contributed by atoms with E-state index < -0.39 is 24.0 Å². The number of fused-ring (bicyclic) bond motifs is 1. The Morgan fingerprint density at radius 1 is 1.15 bits per heavy atom. The van der Waals surface area contributed by atoms with E-state index in [0.717, 1.165) is 31.6 Å². The Labute approximate surface area is 198 Å². The van der Waals surface area contributed by atoms with Crippen LogP contribution in [0, 0.1) is 0 Å². The van der Waals surface area contributed by atoms with Crippen LogP contribution in [0.3, 0.4) is 0 Å². The molecule has 0 bridgehead atoms. The second-order valence-electron chi connectivity index (χ2n) is 8.61. The molecule has 2 aromatic heterocycles. The van der Waals surface area contributed by atoms with Gasteiger partial charge in [0.1, 0.15) is 0 Å². The van der Waals surface area contributed by atoms with Crippen molar-refractivity contribution in [3.05, 3.63) is 77.2 Å². The lowest BCUT2D eigenvalue weighted by Gasteiger charge is -2.22. The predicted octanol–water partition coefficient (Wildman–Crippen LogP) is 1.92. The highest BCUT2D eigenvalue weighted by molar-refractivity contribution is 5.97. The average molecular weight is 463 g/mol. The van der Waals surface area contributed by atoms with Crippen molar-refractivity contribution in [3.8, 4) is 5.82 Å². The minimum Gasteiger partial charge on any atom is -0.381 e. The number of aromatic nitrogens is 3. The van der Waals surface area contributed by atoms with Crippen LogP contribution in [-0.2, 0) is 24.4 Å². The molecule has 4 rings (SSSR count). The first-order valence-corrected chi connectivity index (χ1v) is 11.5. The first kappa shape index (κ1) is 23.6. The molecule has 0 saturated heterocycles. The smallest absolute Gasteiger partial charge is 0.255 e. The van der Waals surface area contributed by atoms with Crippen LogP contribution in [-0.4, -0.2) is 48.7 Å². The second kappa shape index (κ2) is 10.6. The molecule has 0 saturated carbocycles. The van der Waals surface area contributed by atoms with Gasteiger partial charge in [0, 0.05) is 32.0 Å². The number of carbonyl (C=O) groups excluding carboxylic acids is 2. The number of primary amides is 1. The lowest BCUT2D eigenvalue weighted by molar-refractivity contribution is -0.127. The topological polar surface area (TPSA) is 126 Å². The molecule has 9 nitrogen and oxygen atoms in total. The minimum atomic E-state index is -1.46. The Bertz CT molecular complexity index is 1140. The lowest BCUT2D eigenvalue weighted by atomic mass is 10.0. The summed E-state index contributed by atoms with van der Waals surface area (Å²) in [7, 11) is 0. The van der Waals surface area contributed by atoms with Gasteiger partial charge in [0.25, 0.3) is 5.91 Å². The quantitative estimate of drug-likeness (QED) is 0.423. The summed E-state index contributed by atoms with van der Waals surface area (Å²) >= 11 is 0. The van der Waals surface area contributed by atoms with Crippen molar-refractivity contribution >= 4 is 11.8 Å². The van der Waals surface area contributed by atoms with E-state index in [9.17, 15) is 14.7 Å². The summed E-state index contributed by atoms with van der Waals surface area (Å²) in [5.74, 6) is -0.941. The molecule has 178 valence electrons. The Kier molecular flexibility index (Phi) is 7.34. The molecule has 34 heavy (non-hydrogen) atoms. The van der Waals surface area contributed by atoms with Gasteiger partial charge in [0.15, 0.2) is 11.9 Å². The van der Waals surface area contributed by atoms with E-state index in [0.29, 0.717) is 24.3 Å². The van der Waals surface area contributed by atoms with E-state index in [1.54, 1.807) is 29.2 Å². The van der Waals surface area contributed by atoms with Crippen molar-refractivity contribution in [1.82, 2.24) is 25.0 Å². The molecule has 1 aliphatic rings. The summed E-state index contributed by atoms with van der Waals surface area (Å²) in [6.45, 7) is 4.42. The Hall–Kier alpha value is -3.56. The number of aliphatic hydroxyl groups is 1. The Balaban J connectivity index is 1.48. The SMILES string of the molecule is CCCCC(NC(=O)c1cccnc1-n1ccc(CN2Cc3ccccc3C2)n1)C(O)C(N)=O. The van der Waals surface area contributed by atoms with Gasteiger partial charge in [-0.25, -0.2) is 9.67 Å². The molecule has 0 radical (unpaired) electrons. The molecular formula is C25H30N6O3. The summed E-state index contributed by atoms with van der Waals surface area (Å²) in [4.78, 5) is 31.3. The third-order valence-corrected chi connectivity index (χ3v) is 6.04. The van der Waals surface area contributed by atoms with Gasteiger partial charge in [-0.3, -0.25) is 14.5 Å². The van der Waals surface area contributed by atoms with Gasteiger partial charge in [-0.1, -0.05) is 44.0 Å². The molecule has 4 N–H and O–H groups in total. The molecular weight excluding hydrogens is 432 g/mol. The first-order valence-electron chi connectivity index (χ1n) is 11.5. The largest absolute Gasteiger partial charge is 0.381 e. The predicted molar refractivity (Wildman–Crippen MR) is 127 cm³/mol. The molecule has 0 aliphatic carbocycles. The van der Waals surface area contributed by atoms with Crippen LogP contribution in [0.4, 0.5) is 0 Å². The number of amides is 2. The molecule has 1 aliphatic heterocycles. The summed E-state index contributed by atoms with van der Waals surface area (Å²) in [5, 5.41) is 17.6. The first-order chi connectivity index (χ1) is 16.5. The molecule has 2 unspecified atom stereocenters. The third-order valence-electron chi connectivity index (χ3n) is 6.04. The van der Waals surface area contributed by atoms with Gasteiger partial charge in [-0.2, -0.15) is 5.10 Å². The molecule has 0 spiro atoms. The lowest BCUT2D eigenvalue weighted by Crippen LogP contribution is -2.49. The number of hydrogen-bond donors (Lipinski definition) is 3. The van der Waals surface area contributed by atoms with Gasteiger partial charge in [0.05, 0.1) is 17.3 Å². The minimum absolute atomic E-state index is 0.295. The van der Waals surface area contributed by atoms with Crippen LogP contribution in [0.15, 0.2) is 54.9 Å². The van der Waals surface area contributed by atoms with Crippen molar-refractivity contribution in [2.75, 3.05) is 0 Å². The van der Waals surface area contributed by atoms with Crippen molar-refractivity contribution in [3.63, 3.8) is 0 Å². The molecule has 3 aromatic rings. The van der Waals surface area contributed by atoms with Gasteiger partial charge in [-0.05, 0) is 35.7 Å². The number of hydrogen-bond acceptors (Lipinski definition) is 6. The zero-order chi connectivity index (χ0) is 24.1. The average Bonchev–Trinajstić information content (AvgIpc) is 3.47. The van der Waals surface area contributed by atoms with Gasteiger partial charge in [-0.15, -0.1) is 0 Å². The molecule has 2 atom stereocenters. The number of pyridine rings is 1. The van der Waals surface area contributed by atoms with E-state index >= 15 is 0 Å². The van der Waals surface area contributed by atoms with Gasteiger partial charge in [0.2, 0.25) is 5.91 Å². The van der Waals surface area contributed by atoms with Gasteiger partial charge < -0.3 is 16.2 Å². The number of aliphatic hydroxyl groups excluding tert-OH is 1. The van der Waals surface area contributed by atoms with Crippen LogP contribution in [0.1, 0.15) is 53.4 Å². The molecule has 2 amide bonds. The number of unbranched alkanes of at least 4 members (excludes halogenated alkanes) is 1. The van der Waals surface area contributed by atoms with Crippen molar-refractivity contribution < 1.29 is 14.7 Å². The van der Waals surface area contributed by atoms with Crippen LogP contribution >= 0.6 is 0 Å². The zero-order valence-electron chi connectivity index (χ0n) is 19.2. The van der Waals surface area contributed by atoms with Crippen LogP contribution in [0.2, 0.25) is 0 Å². The van der Waals surface area contributed by atoms with Crippen molar-refractivity contribution in [1.29, 1.82) is 0 Å². The maximum atomic E-state index is 13.1.